The maximum Gasteiger partial charge on any atom is 0.248 e. The second-order valence-corrected chi connectivity index (χ2v) is 9.93. The van der Waals surface area contributed by atoms with Gasteiger partial charge in [-0.25, -0.2) is 18.7 Å². The molecule has 0 amide bonds. The van der Waals surface area contributed by atoms with Gasteiger partial charge in [0.25, 0.3) is 0 Å². The molecule has 188 valence electrons. The SMILES string of the molecule is Cc1nc2ccc(Oc3ccc4ncc(-c5cnn(CC6CC(F)(F)C6)c5)nc4c3C3CCO3)cc2[nH]1. The highest BCUT2D eigenvalue weighted by Gasteiger charge is 2.45. The number of benzene rings is 2. The second kappa shape index (κ2) is 8.31. The molecular weight excluding hydrogens is 478 g/mol. The summed E-state index contributed by atoms with van der Waals surface area (Å²) in [6.45, 7) is 3.07. The molecule has 0 bridgehead atoms. The molecule has 1 unspecified atom stereocenters. The predicted octanol–water partition coefficient (Wildman–Crippen LogP) is 5.98. The third kappa shape index (κ3) is 4.11. The first kappa shape index (κ1) is 22.3. The van der Waals surface area contributed by atoms with Crippen LogP contribution in [0, 0.1) is 12.8 Å². The van der Waals surface area contributed by atoms with Crippen LogP contribution in [0.1, 0.15) is 36.8 Å². The Kier molecular flexibility index (Phi) is 5.00. The fourth-order valence-electron chi connectivity index (χ4n) is 5.16. The Labute approximate surface area is 210 Å². The van der Waals surface area contributed by atoms with Gasteiger partial charge in [0.2, 0.25) is 5.92 Å². The van der Waals surface area contributed by atoms with Crippen LogP contribution in [0.15, 0.2) is 48.9 Å². The molecule has 0 radical (unpaired) electrons. The molecule has 4 heterocycles. The molecule has 1 aliphatic carbocycles. The monoisotopic (exact) mass is 502 g/mol. The predicted molar refractivity (Wildman–Crippen MR) is 133 cm³/mol. The van der Waals surface area contributed by atoms with E-state index < -0.39 is 5.92 Å². The lowest BCUT2D eigenvalue weighted by atomic mass is 9.81. The van der Waals surface area contributed by atoms with Gasteiger partial charge in [-0.15, -0.1) is 0 Å². The van der Waals surface area contributed by atoms with Crippen molar-refractivity contribution in [2.75, 3.05) is 6.61 Å². The fraction of sp³-hybridized carbons (Fsp3) is 0.333. The van der Waals surface area contributed by atoms with Crippen molar-refractivity contribution in [3.63, 3.8) is 0 Å². The Morgan fingerprint density at radius 1 is 1.14 bits per heavy atom. The van der Waals surface area contributed by atoms with Gasteiger partial charge >= 0.3 is 0 Å². The van der Waals surface area contributed by atoms with Crippen LogP contribution in [0.25, 0.3) is 33.3 Å². The van der Waals surface area contributed by atoms with Crippen LogP contribution >= 0.6 is 0 Å². The molecule has 1 aliphatic heterocycles. The van der Waals surface area contributed by atoms with Crippen LogP contribution in [-0.2, 0) is 11.3 Å². The van der Waals surface area contributed by atoms with Crippen LogP contribution in [0.4, 0.5) is 8.78 Å². The number of nitrogens with one attached hydrogen (secondary N) is 1. The maximum atomic E-state index is 13.2. The number of alkyl halides is 2. The van der Waals surface area contributed by atoms with Gasteiger partial charge in [-0.2, -0.15) is 5.10 Å². The summed E-state index contributed by atoms with van der Waals surface area (Å²) in [5, 5.41) is 4.37. The van der Waals surface area contributed by atoms with E-state index in [9.17, 15) is 8.78 Å². The summed E-state index contributed by atoms with van der Waals surface area (Å²) in [6.07, 6.45) is 5.81. The number of aromatic nitrogens is 6. The van der Waals surface area contributed by atoms with Crippen LogP contribution in [0.3, 0.4) is 0 Å². The van der Waals surface area contributed by atoms with E-state index >= 15 is 0 Å². The standard InChI is InChI=1S/C27H24F2N6O2/c1-15-32-19-3-2-18(8-21(19)33-15)37-24-5-4-20-26(25(24)23-6-7-36-23)34-22(12-30-20)17-11-31-35(14-17)13-16-9-27(28,29)10-16/h2-5,8,11-12,14,16,23H,6-7,9-10,13H2,1H3,(H,32,33). The lowest BCUT2D eigenvalue weighted by molar-refractivity contribution is -0.114. The zero-order valence-electron chi connectivity index (χ0n) is 20.1. The Hall–Kier alpha value is -3.92. The molecule has 1 saturated carbocycles. The van der Waals surface area contributed by atoms with Gasteiger partial charge in [-0.05, 0) is 37.1 Å². The third-order valence-corrected chi connectivity index (χ3v) is 7.08. The summed E-state index contributed by atoms with van der Waals surface area (Å²) in [5.41, 5.74) is 5.55. The summed E-state index contributed by atoms with van der Waals surface area (Å²) < 4.78 is 40.4. The van der Waals surface area contributed by atoms with E-state index in [1.807, 2.05) is 43.5 Å². The number of halogens is 2. The molecule has 7 rings (SSSR count). The molecule has 1 N–H and O–H groups in total. The summed E-state index contributed by atoms with van der Waals surface area (Å²) in [7, 11) is 0. The molecule has 37 heavy (non-hydrogen) atoms. The molecule has 8 nitrogen and oxygen atoms in total. The minimum atomic E-state index is -2.53. The molecule has 1 saturated heterocycles. The Morgan fingerprint density at radius 2 is 1.97 bits per heavy atom. The number of aromatic amines is 1. The van der Waals surface area contributed by atoms with E-state index in [4.69, 9.17) is 14.5 Å². The van der Waals surface area contributed by atoms with E-state index in [0.29, 0.717) is 35.9 Å². The number of H-pyrrole nitrogens is 1. The molecule has 2 aromatic carbocycles. The van der Waals surface area contributed by atoms with Gasteiger partial charge in [0.05, 0.1) is 58.4 Å². The molecule has 0 spiro atoms. The number of hydrogen-bond acceptors (Lipinski definition) is 6. The highest BCUT2D eigenvalue weighted by atomic mass is 19.3. The van der Waals surface area contributed by atoms with Gasteiger partial charge in [-0.3, -0.25) is 9.67 Å². The van der Waals surface area contributed by atoms with Gasteiger partial charge < -0.3 is 14.5 Å². The van der Waals surface area contributed by atoms with Crippen LogP contribution in [0.2, 0.25) is 0 Å². The van der Waals surface area contributed by atoms with Crippen molar-refractivity contribution in [3.05, 3.63) is 60.3 Å². The molecule has 2 fully saturated rings. The van der Waals surface area contributed by atoms with E-state index in [0.717, 1.165) is 39.9 Å². The minimum absolute atomic E-state index is 0.0580. The van der Waals surface area contributed by atoms with Gasteiger partial charge in [0.1, 0.15) is 17.3 Å². The number of ether oxygens (including phenoxy) is 2. The van der Waals surface area contributed by atoms with Gasteiger partial charge in [0, 0.05) is 43.6 Å². The summed E-state index contributed by atoms with van der Waals surface area (Å²) >= 11 is 0. The van der Waals surface area contributed by atoms with Crippen molar-refractivity contribution in [2.24, 2.45) is 5.92 Å². The Morgan fingerprint density at radius 3 is 2.76 bits per heavy atom. The first-order valence-corrected chi connectivity index (χ1v) is 12.4. The fourth-order valence-corrected chi connectivity index (χ4v) is 5.16. The molecule has 2 aliphatic rings. The second-order valence-electron chi connectivity index (χ2n) is 9.93. The average Bonchev–Trinajstić information content (AvgIpc) is 3.43. The van der Waals surface area contributed by atoms with Crippen LogP contribution < -0.4 is 4.74 Å². The van der Waals surface area contributed by atoms with Gasteiger partial charge in [-0.1, -0.05) is 0 Å². The topological polar surface area (TPSA) is 90.7 Å². The molecular formula is C27H24F2N6O2. The third-order valence-electron chi connectivity index (χ3n) is 7.08. The number of rotatable bonds is 6. The van der Waals surface area contributed by atoms with E-state index in [2.05, 4.69) is 20.1 Å². The van der Waals surface area contributed by atoms with Crippen molar-refractivity contribution in [1.82, 2.24) is 29.7 Å². The molecule has 1 atom stereocenters. The number of imidazole rings is 1. The molecule has 10 heteroatoms. The largest absolute Gasteiger partial charge is 0.457 e. The summed E-state index contributed by atoms with van der Waals surface area (Å²) in [4.78, 5) is 17.3. The van der Waals surface area contributed by atoms with Gasteiger partial charge in [0.15, 0.2) is 0 Å². The first-order chi connectivity index (χ1) is 17.9. The molecule has 3 aromatic heterocycles. The lowest BCUT2D eigenvalue weighted by Crippen LogP contribution is -2.37. The Balaban J connectivity index is 1.23. The minimum Gasteiger partial charge on any atom is -0.457 e. The average molecular weight is 503 g/mol. The zero-order chi connectivity index (χ0) is 25.1. The number of hydrogen-bond donors (Lipinski definition) is 1. The van der Waals surface area contributed by atoms with Crippen molar-refractivity contribution in [2.45, 2.75) is 44.8 Å². The summed E-state index contributed by atoms with van der Waals surface area (Å²) in [5.74, 6) is -0.396. The quantitative estimate of drug-likeness (QED) is 0.307. The number of fused-ring (bicyclic) bond motifs is 2. The van der Waals surface area contributed by atoms with Crippen molar-refractivity contribution in [3.8, 4) is 22.8 Å². The number of aryl methyl sites for hydroxylation is 1. The first-order valence-electron chi connectivity index (χ1n) is 12.4. The van der Waals surface area contributed by atoms with Crippen molar-refractivity contribution < 1.29 is 18.3 Å². The highest BCUT2D eigenvalue weighted by molar-refractivity contribution is 5.83. The Bertz CT molecular complexity index is 1630. The van der Waals surface area contributed by atoms with Crippen molar-refractivity contribution in [1.29, 1.82) is 0 Å². The van der Waals surface area contributed by atoms with E-state index in [1.54, 1.807) is 17.1 Å². The smallest absolute Gasteiger partial charge is 0.248 e. The van der Waals surface area contributed by atoms with Crippen molar-refractivity contribution >= 4 is 22.1 Å². The van der Waals surface area contributed by atoms with E-state index in [1.165, 1.54) is 0 Å². The van der Waals surface area contributed by atoms with Crippen LogP contribution in [-0.4, -0.2) is 42.2 Å². The molecule has 5 aromatic rings. The summed E-state index contributed by atoms with van der Waals surface area (Å²) in [6, 6.07) is 9.55. The van der Waals surface area contributed by atoms with E-state index in [-0.39, 0.29) is 24.9 Å². The van der Waals surface area contributed by atoms with Crippen LogP contribution in [0.5, 0.6) is 11.5 Å². The lowest BCUT2D eigenvalue weighted by Gasteiger charge is -2.34. The normalized spacial score (nSPS) is 19.2. The maximum absolute atomic E-state index is 13.2. The highest BCUT2D eigenvalue weighted by Crippen LogP contribution is 2.43. The number of nitrogens with zero attached hydrogens (tertiary/aromatic N) is 5. The zero-order valence-corrected chi connectivity index (χ0v) is 20.1.